The first kappa shape index (κ1) is 24.4. The second-order valence-electron chi connectivity index (χ2n) is 7.99. The number of halogens is 1. The van der Waals surface area contributed by atoms with Crippen LogP contribution in [0, 0.1) is 0 Å². The molecule has 4 aromatic rings. The van der Waals surface area contributed by atoms with Crippen molar-refractivity contribution in [3.05, 3.63) is 94.3 Å². The van der Waals surface area contributed by atoms with E-state index in [1.165, 1.54) is 0 Å². The van der Waals surface area contributed by atoms with Gasteiger partial charge in [0.2, 0.25) is 5.96 Å². The molecule has 1 aliphatic rings. The summed E-state index contributed by atoms with van der Waals surface area (Å²) in [5, 5.41) is 19.3. The molecular weight excluding hydrogens is 512 g/mol. The van der Waals surface area contributed by atoms with E-state index in [0.29, 0.717) is 44.6 Å². The summed E-state index contributed by atoms with van der Waals surface area (Å²) in [6.45, 7) is 1.77. The topological polar surface area (TPSA) is 125 Å². The van der Waals surface area contributed by atoms with E-state index in [9.17, 15) is 9.90 Å². The first-order chi connectivity index (χ1) is 17.9. The molecule has 5 rings (SSSR count). The molecule has 1 atom stereocenters. The first-order valence-electron chi connectivity index (χ1n) is 11.1. The van der Waals surface area contributed by atoms with Crippen LogP contribution in [-0.4, -0.2) is 37.9 Å². The van der Waals surface area contributed by atoms with Crippen molar-refractivity contribution in [2.75, 3.05) is 10.6 Å². The van der Waals surface area contributed by atoms with Crippen molar-refractivity contribution in [3.8, 4) is 0 Å². The lowest BCUT2D eigenvalue weighted by Gasteiger charge is -2.26. The van der Waals surface area contributed by atoms with Gasteiger partial charge in [0.25, 0.3) is 5.91 Å². The predicted octanol–water partition coefficient (Wildman–Crippen LogP) is 5.10. The Labute approximate surface area is 220 Å². The summed E-state index contributed by atoms with van der Waals surface area (Å²) in [6, 6.07) is 19.0. The standard InChI is InChI=1S/C26H21ClN6O3S/c1-14-21(23(34)31-20-13-7-11-18(29-20)24(35)37-2)22(15-8-3-4-9-16(15)27)32-25(28-14)33-26-30-17-10-5-6-12-19(17)36-26/h3-13,22,35H,2H2,1H3,(H,29,31,34)(H2,28,30,32,33). The lowest BCUT2D eigenvalue weighted by Crippen LogP contribution is -2.37. The number of nitrogens with one attached hydrogen (secondary N) is 3. The van der Waals surface area contributed by atoms with E-state index in [-0.39, 0.29) is 16.9 Å². The van der Waals surface area contributed by atoms with E-state index in [2.05, 4.69) is 31.8 Å². The molecule has 9 nitrogen and oxygen atoms in total. The van der Waals surface area contributed by atoms with Gasteiger partial charge in [-0.25, -0.2) is 9.98 Å². The van der Waals surface area contributed by atoms with Crippen LogP contribution < -0.4 is 16.0 Å². The van der Waals surface area contributed by atoms with Gasteiger partial charge >= 0.3 is 6.01 Å². The molecule has 2 aromatic carbocycles. The first-order valence-corrected chi connectivity index (χ1v) is 12.5. The van der Waals surface area contributed by atoms with Gasteiger partial charge in [0.1, 0.15) is 23.1 Å². The van der Waals surface area contributed by atoms with Crippen LogP contribution in [0.3, 0.4) is 0 Å². The van der Waals surface area contributed by atoms with E-state index >= 15 is 0 Å². The molecule has 0 bridgehead atoms. The van der Waals surface area contributed by atoms with Crippen molar-refractivity contribution in [3.63, 3.8) is 0 Å². The highest BCUT2D eigenvalue weighted by molar-refractivity contribution is 7.96. The molecular formula is C26H21ClN6O3S. The molecule has 1 unspecified atom stereocenters. The highest BCUT2D eigenvalue weighted by atomic mass is 35.5. The van der Waals surface area contributed by atoms with Crippen molar-refractivity contribution >= 4 is 68.3 Å². The number of aliphatic imine (C=N–C) groups is 1. The largest absolute Gasteiger partial charge is 0.423 e. The van der Waals surface area contributed by atoms with Crippen molar-refractivity contribution in [1.29, 1.82) is 0 Å². The Kier molecular flexibility index (Phi) is 6.87. The zero-order valence-corrected chi connectivity index (χ0v) is 21.1. The fraction of sp³-hybridized carbons (Fsp3) is 0.0769. The molecule has 1 aliphatic heterocycles. The van der Waals surface area contributed by atoms with Crippen LogP contribution in [0.4, 0.5) is 11.8 Å². The number of nitrogens with zero attached hydrogens (tertiary/aromatic N) is 3. The average Bonchev–Trinajstić information content (AvgIpc) is 3.30. The number of para-hydroxylation sites is 2. The number of allylic oxidation sites excluding steroid dienone is 1. The normalized spacial score (nSPS) is 15.1. The van der Waals surface area contributed by atoms with Gasteiger partial charge in [-0.1, -0.05) is 48.0 Å². The summed E-state index contributed by atoms with van der Waals surface area (Å²) in [5.74, 6) is 3.76. The maximum atomic E-state index is 13.5. The lowest BCUT2D eigenvalue weighted by atomic mass is 9.95. The van der Waals surface area contributed by atoms with Gasteiger partial charge in [0, 0.05) is 16.3 Å². The molecule has 0 saturated carbocycles. The van der Waals surface area contributed by atoms with Crippen molar-refractivity contribution in [2.45, 2.75) is 13.0 Å². The van der Waals surface area contributed by atoms with E-state index in [1.54, 1.807) is 31.2 Å². The zero-order chi connectivity index (χ0) is 25.9. The summed E-state index contributed by atoms with van der Waals surface area (Å²) in [6.07, 6.45) is 0. The Morgan fingerprint density at radius 3 is 2.68 bits per heavy atom. The van der Waals surface area contributed by atoms with E-state index in [1.807, 2.05) is 42.5 Å². The fourth-order valence-corrected chi connectivity index (χ4v) is 4.36. The number of benzene rings is 2. The van der Waals surface area contributed by atoms with Crippen LogP contribution in [0.15, 0.2) is 87.4 Å². The van der Waals surface area contributed by atoms with E-state index in [0.717, 1.165) is 10.9 Å². The number of fused-ring (bicyclic) bond motifs is 1. The SMILES string of the molecule is C=S=C(O)c1cccc(NC(=O)C2=C(C)NC(Nc3nc4ccccc4o3)=NC2c2ccccc2Cl)n1. The fourth-order valence-electron chi connectivity index (χ4n) is 3.86. The monoisotopic (exact) mass is 532 g/mol. The van der Waals surface area contributed by atoms with E-state index in [4.69, 9.17) is 21.0 Å². The van der Waals surface area contributed by atoms with Crippen molar-refractivity contribution in [2.24, 2.45) is 4.99 Å². The van der Waals surface area contributed by atoms with Gasteiger partial charge < -0.3 is 20.2 Å². The molecule has 186 valence electrons. The number of amides is 1. The minimum absolute atomic E-state index is 0.0562. The second kappa shape index (κ2) is 10.4. The summed E-state index contributed by atoms with van der Waals surface area (Å²) < 4.78 is 5.76. The molecule has 11 heteroatoms. The lowest BCUT2D eigenvalue weighted by molar-refractivity contribution is -0.113. The molecule has 0 radical (unpaired) electrons. The summed E-state index contributed by atoms with van der Waals surface area (Å²) in [7, 11) is 0.911. The zero-order valence-electron chi connectivity index (χ0n) is 19.5. The van der Waals surface area contributed by atoms with Crippen LogP contribution in [0.1, 0.15) is 24.2 Å². The Bertz CT molecular complexity index is 1610. The van der Waals surface area contributed by atoms with Crippen LogP contribution in [-0.2, 0) is 4.79 Å². The number of rotatable bonds is 5. The summed E-state index contributed by atoms with van der Waals surface area (Å²) in [4.78, 5) is 27.0. The highest BCUT2D eigenvalue weighted by Crippen LogP contribution is 2.35. The number of hydrogen-bond donors (Lipinski definition) is 4. The summed E-state index contributed by atoms with van der Waals surface area (Å²) in [5.41, 5.74) is 3.18. The number of anilines is 2. The maximum Gasteiger partial charge on any atom is 0.302 e. The Morgan fingerprint density at radius 1 is 1.11 bits per heavy atom. The van der Waals surface area contributed by atoms with Gasteiger partial charge in [0.15, 0.2) is 10.6 Å². The quantitative estimate of drug-likeness (QED) is 0.263. The molecule has 37 heavy (non-hydrogen) atoms. The molecule has 3 heterocycles. The third kappa shape index (κ3) is 5.17. The van der Waals surface area contributed by atoms with Gasteiger partial charge in [-0.3, -0.25) is 10.1 Å². The molecule has 2 aromatic heterocycles. The summed E-state index contributed by atoms with van der Waals surface area (Å²) >= 11 is 6.52. The average molecular weight is 533 g/mol. The van der Waals surface area contributed by atoms with Gasteiger partial charge in [0.05, 0.1) is 5.57 Å². The van der Waals surface area contributed by atoms with Crippen LogP contribution in [0.25, 0.3) is 11.1 Å². The number of aliphatic hydroxyl groups is 1. The number of oxazole rings is 1. The number of carbonyl (C=O) groups is 1. The highest BCUT2D eigenvalue weighted by Gasteiger charge is 2.31. The minimum Gasteiger partial charge on any atom is -0.423 e. The predicted molar refractivity (Wildman–Crippen MR) is 149 cm³/mol. The number of carbonyl (C=O) groups excluding carboxylic acids is 1. The number of aliphatic hydroxyl groups excluding tert-OH is 1. The third-order valence-corrected chi connectivity index (χ3v) is 6.38. The second-order valence-corrected chi connectivity index (χ2v) is 9.07. The number of aromatic nitrogens is 2. The molecule has 4 N–H and O–H groups in total. The van der Waals surface area contributed by atoms with Gasteiger partial charge in [-0.05, 0) is 43.1 Å². The molecule has 0 spiro atoms. The van der Waals surface area contributed by atoms with Crippen molar-refractivity contribution < 1.29 is 14.3 Å². The van der Waals surface area contributed by atoms with Crippen molar-refractivity contribution in [1.82, 2.24) is 15.3 Å². The third-order valence-electron chi connectivity index (χ3n) is 5.55. The Morgan fingerprint density at radius 2 is 1.89 bits per heavy atom. The van der Waals surface area contributed by atoms with Crippen LogP contribution >= 0.6 is 22.5 Å². The van der Waals surface area contributed by atoms with Crippen LogP contribution in [0.5, 0.6) is 0 Å². The van der Waals surface area contributed by atoms with Crippen LogP contribution in [0.2, 0.25) is 5.02 Å². The molecule has 1 amide bonds. The molecule has 0 saturated heterocycles. The number of hydrogen-bond acceptors (Lipinski definition) is 7. The van der Waals surface area contributed by atoms with E-state index < -0.39 is 11.9 Å². The Hall–Kier alpha value is -4.25. The molecule has 0 fully saturated rings. The molecule has 0 aliphatic carbocycles. The minimum atomic E-state index is -0.736. The van der Waals surface area contributed by atoms with Gasteiger partial charge in [-0.15, -0.1) is 10.9 Å². The smallest absolute Gasteiger partial charge is 0.302 e. The van der Waals surface area contributed by atoms with Gasteiger partial charge in [-0.2, -0.15) is 4.98 Å². The Balaban J connectivity index is 1.48. The number of guanidine groups is 1. The maximum absolute atomic E-state index is 13.5. The number of pyridine rings is 1.